The second kappa shape index (κ2) is 10.2. The molecule has 1 aliphatic heterocycles. The number of carbonyl (C=O) groups is 3. The van der Waals surface area contributed by atoms with Crippen LogP contribution in [-0.2, 0) is 25.5 Å². The first-order chi connectivity index (χ1) is 17.1. The predicted octanol–water partition coefficient (Wildman–Crippen LogP) is 3.95. The number of aliphatic hydroxyl groups is 1. The normalized spacial score (nSPS) is 38.3. The maximum atomic E-state index is 14.1. The van der Waals surface area contributed by atoms with Crippen molar-refractivity contribution in [2.24, 2.45) is 29.1 Å². The molecule has 1 aromatic rings. The van der Waals surface area contributed by atoms with Crippen molar-refractivity contribution >= 4 is 17.7 Å². The van der Waals surface area contributed by atoms with E-state index in [1.54, 1.807) is 12.2 Å². The van der Waals surface area contributed by atoms with Gasteiger partial charge < -0.3 is 15.2 Å². The van der Waals surface area contributed by atoms with Crippen LogP contribution >= 0.6 is 0 Å². The van der Waals surface area contributed by atoms with E-state index in [-0.39, 0.29) is 29.6 Å². The molecule has 1 amide bonds. The Morgan fingerprint density at radius 1 is 1.08 bits per heavy atom. The Morgan fingerprint density at radius 3 is 2.44 bits per heavy atom. The molecule has 1 unspecified atom stereocenters. The molecule has 0 bridgehead atoms. The molecule has 6 nitrogen and oxygen atoms in total. The summed E-state index contributed by atoms with van der Waals surface area (Å²) in [6.45, 7) is 8.93. The number of aliphatic hydroxyl groups excluding tert-OH is 1. The standard InChI is InChI=1S/C30H37NO5/c1-17-10-9-13-23-28(34)20(4)19(3)26-24(16-22-11-7-6-8-12-22)31-29(35)30(23,26)25(36-21(5)32)15-14-18(2)27(17)33/h6-9,11-15,17-18,23-26,28,34H,10,16H2,1-5H3,(H,31,35)/b13-9+,15-14+/t17?,18-,23+,24+,25-,26+,28-,30-/m1/s1. The van der Waals surface area contributed by atoms with Gasteiger partial charge in [0.2, 0.25) is 5.91 Å². The van der Waals surface area contributed by atoms with Crippen molar-refractivity contribution in [1.29, 1.82) is 0 Å². The summed E-state index contributed by atoms with van der Waals surface area (Å²) >= 11 is 0. The molecule has 2 N–H and O–H groups in total. The van der Waals surface area contributed by atoms with E-state index < -0.39 is 35.4 Å². The minimum atomic E-state index is -1.25. The second-order valence-corrected chi connectivity index (χ2v) is 10.7. The number of allylic oxidation sites excluding steroid dienone is 2. The van der Waals surface area contributed by atoms with Crippen molar-refractivity contribution in [3.05, 3.63) is 71.3 Å². The van der Waals surface area contributed by atoms with Gasteiger partial charge in [0, 0.05) is 36.6 Å². The van der Waals surface area contributed by atoms with E-state index in [0.29, 0.717) is 12.8 Å². The maximum absolute atomic E-state index is 14.1. The van der Waals surface area contributed by atoms with Crippen LogP contribution in [0.15, 0.2) is 65.8 Å². The topological polar surface area (TPSA) is 92.7 Å². The highest BCUT2D eigenvalue weighted by Crippen LogP contribution is 2.57. The van der Waals surface area contributed by atoms with Crippen LogP contribution in [0.2, 0.25) is 0 Å². The zero-order chi connectivity index (χ0) is 26.2. The maximum Gasteiger partial charge on any atom is 0.303 e. The largest absolute Gasteiger partial charge is 0.457 e. The molecular formula is C30H37NO5. The molecule has 1 spiro atoms. The number of benzene rings is 1. The van der Waals surface area contributed by atoms with Crippen molar-refractivity contribution in [2.45, 2.75) is 65.7 Å². The number of hydrogen-bond acceptors (Lipinski definition) is 5. The number of esters is 1. The van der Waals surface area contributed by atoms with E-state index in [9.17, 15) is 19.5 Å². The zero-order valence-electron chi connectivity index (χ0n) is 21.7. The summed E-state index contributed by atoms with van der Waals surface area (Å²) in [5, 5.41) is 14.8. The lowest BCUT2D eigenvalue weighted by Gasteiger charge is -2.49. The van der Waals surface area contributed by atoms with Crippen LogP contribution in [0.5, 0.6) is 0 Å². The second-order valence-electron chi connectivity index (χ2n) is 10.7. The third-order valence-electron chi connectivity index (χ3n) is 8.45. The van der Waals surface area contributed by atoms with Gasteiger partial charge in [0.05, 0.1) is 6.10 Å². The van der Waals surface area contributed by atoms with Crippen LogP contribution in [0.3, 0.4) is 0 Å². The molecule has 1 fully saturated rings. The van der Waals surface area contributed by atoms with Crippen LogP contribution in [0.1, 0.15) is 46.6 Å². The Morgan fingerprint density at radius 2 is 1.78 bits per heavy atom. The molecule has 36 heavy (non-hydrogen) atoms. The molecule has 1 saturated heterocycles. The van der Waals surface area contributed by atoms with Gasteiger partial charge >= 0.3 is 5.97 Å². The Bertz CT molecular complexity index is 1120. The van der Waals surface area contributed by atoms with Gasteiger partial charge in [-0.1, -0.05) is 68.0 Å². The number of ketones is 1. The lowest BCUT2D eigenvalue weighted by molar-refractivity contribution is -0.161. The van der Waals surface area contributed by atoms with E-state index in [4.69, 9.17) is 4.74 Å². The fraction of sp³-hybridized carbons (Fsp3) is 0.500. The molecule has 6 heteroatoms. The first-order valence-corrected chi connectivity index (χ1v) is 12.8. The number of carbonyl (C=O) groups excluding carboxylic acids is 3. The van der Waals surface area contributed by atoms with Crippen LogP contribution in [-0.4, -0.2) is 41.0 Å². The van der Waals surface area contributed by atoms with Gasteiger partial charge in [-0.05, 0) is 43.9 Å². The van der Waals surface area contributed by atoms with Gasteiger partial charge in [-0.15, -0.1) is 0 Å². The summed E-state index contributed by atoms with van der Waals surface area (Å²) in [4.78, 5) is 39.4. The Kier molecular flexibility index (Phi) is 7.37. The zero-order valence-corrected chi connectivity index (χ0v) is 21.7. The van der Waals surface area contributed by atoms with Crippen molar-refractivity contribution in [3.63, 3.8) is 0 Å². The van der Waals surface area contributed by atoms with Crippen molar-refractivity contribution in [3.8, 4) is 0 Å². The van der Waals surface area contributed by atoms with Crippen LogP contribution in [0.25, 0.3) is 0 Å². The molecule has 192 valence electrons. The van der Waals surface area contributed by atoms with Gasteiger partial charge in [-0.3, -0.25) is 14.4 Å². The average Bonchev–Trinajstić information content (AvgIpc) is 3.13. The molecule has 8 atom stereocenters. The number of ether oxygens (including phenoxy) is 1. The molecular weight excluding hydrogens is 454 g/mol. The van der Waals surface area contributed by atoms with Crippen molar-refractivity contribution in [2.75, 3.05) is 0 Å². The third kappa shape index (κ3) is 4.36. The number of hydrogen-bond donors (Lipinski definition) is 2. The van der Waals surface area contributed by atoms with Crippen molar-refractivity contribution in [1.82, 2.24) is 5.32 Å². The van der Waals surface area contributed by atoms with E-state index >= 15 is 0 Å². The van der Waals surface area contributed by atoms with Gasteiger partial charge in [-0.25, -0.2) is 0 Å². The quantitative estimate of drug-likeness (QED) is 0.494. The van der Waals surface area contributed by atoms with E-state index in [1.165, 1.54) is 6.92 Å². The third-order valence-corrected chi connectivity index (χ3v) is 8.45. The SMILES string of the molecule is CC(=O)O[C@@H]1/C=C/[C@@H](C)C(=O)C(C)C/C=C/[C@H]2[C@H](O)C(C)=C(C)[C@H]3[C@H](Cc4ccccc4)NC(=O)[C@@]123. The first kappa shape index (κ1) is 26.1. The first-order valence-electron chi connectivity index (χ1n) is 12.8. The number of Topliss-reactive ketones (excluding diaryl/α,β-unsaturated/α-hetero) is 1. The molecule has 1 aromatic carbocycles. The highest BCUT2D eigenvalue weighted by molar-refractivity contribution is 5.90. The Balaban J connectivity index is 1.94. The smallest absolute Gasteiger partial charge is 0.303 e. The van der Waals surface area contributed by atoms with Gasteiger partial charge in [0.1, 0.15) is 17.3 Å². The minimum absolute atomic E-state index is 0.0836. The summed E-state index contributed by atoms with van der Waals surface area (Å²) in [5.74, 6) is -2.22. The number of rotatable bonds is 3. The molecule has 4 rings (SSSR count). The summed E-state index contributed by atoms with van der Waals surface area (Å²) in [6, 6.07) is 9.74. The van der Waals surface area contributed by atoms with E-state index in [0.717, 1.165) is 16.7 Å². The molecule has 0 saturated carbocycles. The molecule has 0 aromatic heterocycles. The van der Waals surface area contributed by atoms with Gasteiger partial charge in [-0.2, -0.15) is 0 Å². The predicted molar refractivity (Wildman–Crippen MR) is 138 cm³/mol. The van der Waals surface area contributed by atoms with E-state index in [1.807, 2.05) is 70.2 Å². The number of amides is 1. The average molecular weight is 492 g/mol. The molecule has 3 aliphatic rings. The Labute approximate surface area is 213 Å². The fourth-order valence-electron chi connectivity index (χ4n) is 6.51. The van der Waals surface area contributed by atoms with Gasteiger partial charge in [0.25, 0.3) is 0 Å². The molecule has 2 aliphatic carbocycles. The van der Waals surface area contributed by atoms with Crippen LogP contribution < -0.4 is 5.32 Å². The molecule has 0 radical (unpaired) electrons. The van der Waals surface area contributed by atoms with E-state index in [2.05, 4.69) is 5.32 Å². The van der Waals surface area contributed by atoms with Gasteiger partial charge in [0.15, 0.2) is 0 Å². The van der Waals surface area contributed by atoms with Crippen LogP contribution in [0, 0.1) is 29.1 Å². The monoisotopic (exact) mass is 491 g/mol. The van der Waals surface area contributed by atoms with Crippen molar-refractivity contribution < 1.29 is 24.2 Å². The lowest BCUT2D eigenvalue weighted by Crippen LogP contribution is -2.58. The number of nitrogens with one attached hydrogen (secondary N) is 1. The summed E-state index contributed by atoms with van der Waals surface area (Å²) < 4.78 is 5.88. The Hall–Kier alpha value is -2.99. The fourth-order valence-corrected chi connectivity index (χ4v) is 6.51. The highest BCUT2D eigenvalue weighted by Gasteiger charge is 2.67. The minimum Gasteiger partial charge on any atom is -0.457 e. The highest BCUT2D eigenvalue weighted by atomic mass is 16.5. The summed E-state index contributed by atoms with van der Waals surface area (Å²) in [6.07, 6.45) is 6.50. The summed E-state index contributed by atoms with van der Waals surface area (Å²) in [5.41, 5.74) is 1.60. The molecule has 1 heterocycles. The lowest BCUT2D eigenvalue weighted by atomic mass is 9.54. The van der Waals surface area contributed by atoms with Crippen LogP contribution in [0.4, 0.5) is 0 Å². The summed E-state index contributed by atoms with van der Waals surface area (Å²) in [7, 11) is 0.